The van der Waals surface area contributed by atoms with Crippen LogP contribution in [0.3, 0.4) is 0 Å². The van der Waals surface area contributed by atoms with E-state index in [1.807, 2.05) is 6.07 Å². The van der Waals surface area contributed by atoms with E-state index in [2.05, 4.69) is 226 Å². The summed E-state index contributed by atoms with van der Waals surface area (Å²) in [6.07, 6.45) is 0. The Hall–Kier alpha value is -7.86. The van der Waals surface area contributed by atoms with Gasteiger partial charge in [-0.15, -0.1) is 0 Å². The standard InChI is InChI=1S/C60H44N2O2Si/c1-37-27-52-56(29-39(37)3)63-55-21-13-12-20-51(55)61(52)45-25-23-41-32-44-34-46(26-24-42(44)31-43(41)33-45)62-53-28-38(2)40(4)30-57(53)64-58-35-50-49-19-11-14-22-59(49)65(60(50)36-54(58)62,47-15-7-5-8-16-47)48-17-9-6-10-18-48/h5-36H,1-4H3. The van der Waals surface area contributed by atoms with Gasteiger partial charge in [-0.05, 0) is 188 Å². The van der Waals surface area contributed by atoms with Gasteiger partial charge in [0.25, 0.3) is 0 Å². The average Bonchev–Trinajstić information content (AvgIpc) is 3.62. The molecule has 310 valence electrons. The fourth-order valence-corrected chi connectivity index (χ4v) is 16.0. The molecule has 10 aromatic rings. The number of benzene rings is 10. The van der Waals surface area contributed by atoms with Gasteiger partial charge in [0.2, 0.25) is 0 Å². The van der Waals surface area contributed by atoms with Crippen LogP contribution in [0.5, 0.6) is 23.0 Å². The van der Waals surface area contributed by atoms with Gasteiger partial charge in [0.05, 0.1) is 22.7 Å². The number of nitrogens with zero attached hydrogens (tertiary/aromatic N) is 2. The van der Waals surface area contributed by atoms with Crippen molar-refractivity contribution in [3.8, 4) is 34.1 Å². The van der Waals surface area contributed by atoms with E-state index < -0.39 is 8.07 Å². The van der Waals surface area contributed by atoms with Crippen LogP contribution < -0.4 is 40.0 Å². The summed E-state index contributed by atoms with van der Waals surface area (Å²) in [5.41, 5.74) is 13.8. The zero-order valence-electron chi connectivity index (χ0n) is 36.7. The lowest BCUT2D eigenvalue weighted by Gasteiger charge is -2.36. The smallest absolute Gasteiger partial charge is 0.180 e. The Morgan fingerprint density at radius 1 is 0.323 bits per heavy atom. The molecule has 0 aliphatic carbocycles. The van der Waals surface area contributed by atoms with Gasteiger partial charge in [0.15, 0.2) is 31.1 Å². The topological polar surface area (TPSA) is 24.9 Å². The minimum absolute atomic E-state index is 0.855. The van der Waals surface area contributed by atoms with Gasteiger partial charge in [0, 0.05) is 11.4 Å². The Bertz CT molecular complexity index is 3580. The third-order valence-electron chi connectivity index (χ3n) is 14.2. The van der Waals surface area contributed by atoms with Crippen LogP contribution in [0, 0.1) is 27.7 Å². The Morgan fingerprint density at radius 2 is 0.800 bits per heavy atom. The van der Waals surface area contributed by atoms with Crippen molar-refractivity contribution in [1.29, 1.82) is 0 Å². The van der Waals surface area contributed by atoms with E-state index in [1.54, 1.807) is 0 Å². The van der Waals surface area contributed by atoms with E-state index in [1.165, 1.54) is 75.7 Å². The summed E-state index contributed by atoms with van der Waals surface area (Å²) in [6.45, 7) is 8.68. The molecule has 0 bridgehead atoms. The average molecular weight is 853 g/mol. The third kappa shape index (κ3) is 5.55. The van der Waals surface area contributed by atoms with Crippen molar-refractivity contribution in [3.05, 3.63) is 216 Å². The summed E-state index contributed by atoms with van der Waals surface area (Å²) in [7, 11) is -2.76. The molecule has 3 aliphatic rings. The molecule has 3 aliphatic heterocycles. The number of hydrogen-bond acceptors (Lipinski definition) is 4. The quantitative estimate of drug-likeness (QED) is 0.130. The number of fused-ring (bicyclic) bond motifs is 9. The third-order valence-corrected chi connectivity index (χ3v) is 19.1. The van der Waals surface area contributed by atoms with Crippen LogP contribution in [0.15, 0.2) is 194 Å². The lowest BCUT2D eigenvalue weighted by molar-refractivity contribution is 0.476. The van der Waals surface area contributed by atoms with E-state index in [0.717, 1.165) is 57.1 Å². The second kappa shape index (κ2) is 14.1. The largest absolute Gasteiger partial charge is 0.453 e. The molecular formula is C60H44N2O2Si. The molecule has 0 atom stereocenters. The summed E-state index contributed by atoms with van der Waals surface area (Å²) in [6, 6.07) is 72.0. The highest BCUT2D eigenvalue weighted by Gasteiger charge is 2.49. The van der Waals surface area contributed by atoms with Crippen LogP contribution in [0.1, 0.15) is 22.3 Å². The lowest BCUT2D eigenvalue weighted by atomic mass is 9.99. The Kier molecular flexibility index (Phi) is 8.15. The molecule has 0 aromatic heterocycles. The fraction of sp³-hybridized carbons (Fsp3) is 0.0667. The van der Waals surface area contributed by atoms with Gasteiger partial charge in [-0.2, -0.15) is 0 Å². The summed E-state index contributed by atoms with van der Waals surface area (Å²) >= 11 is 0. The first-order valence-corrected chi connectivity index (χ1v) is 24.5. The molecule has 4 nitrogen and oxygen atoms in total. The number of rotatable bonds is 4. The van der Waals surface area contributed by atoms with Gasteiger partial charge in [0.1, 0.15) is 0 Å². The molecule has 0 N–H and O–H groups in total. The summed E-state index contributed by atoms with van der Waals surface area (Å²) < 4.78 is 13.5. The molecule has 0 fully saturated rings. The predicted molar refractivity (Wildman–Crippen MR) is 273 cm³/mol. The van der Waals surface area contributed by atoms with Gasteiger partial charge in [-0.25, -0.2) is 0 Å². The maximum absolute atomic E-state index is 7.01. The first kappa shape index (κ1) is 37.7. The van der Waals surface area contributed by atoms with E-state index in [-0.39, 0.29) is 0 Å². The summed E-state index contributed by atoms with van der Waals surface area (Å²) in [4.78, 5) is 4.79. The van der Waals surface area contributed by atoms with Crippen LogP contribution in [0.4, 0.5) is 34.1 Å². The lowest BCUT2D eigenvalue weighted by Crippen LogP contribution is -2.72. The van der Waals surface area contributed by atoms with Gasteiger partial charge in [-0.3, -0.25) is 0 Å². The molecular weight excluding hydrogens is 809 g/mol. The van der Waals surface area contributed by atoms with Crippen molar-refractivity contribution < 1.29 is 9.47 Å². The van der Waals surface area contributed by atoms with Crippen LogP contribution >= 0.6 is 0 Å². The van der Waals surface area contributed by atoms with Crippen LogP contribution in [-0.4, -0.2) is 8.07 Å². The minimum atomic E-state index is -2.76. The zero-order valence-corrected chi connectivity index (χ0v) is 37.7. The van der Waals surface area contributed by atoms with Gasteiger partial charge < -0.3 is 19.3 Å². The van der Waals surface area contributed by atoms with Crippen molar-refractivity contribution in [2.75, 3.05) is 9.80 Å². The molecule has 0 saturated carbocycles. The Morgan fingerprint density at radius 3 is 1.42 bits per heavy atom. The molecule has 0 amide bonds. The first-order chi connectivity index (χ1) is 31.8. The van der Waals surface area contributed by atoms with E-state index in [9.17, 15) is 0 Å². The summed E-state index contributed by atoms with van der Waals surface area (Å²) in [5.74, 6) is 3.46. The Labute approximate surface area is 380 Å². The SMILES string of the molecule is Cc1cc2c(cc1C)N(c1ccc3cc4cc(N5c6cc(C)c(C)cc6Oc6cc7c(cc65)[Si](c5ccccc5)(c5ccccc5)c5ccccc5-7)ccc4cc3c1)c1ccccc1O2. The molecule has 5 heteroatoms. The second-order valence-corrected chi connectivity index (χ2v) is 21.7. The van der Waals surface area contributed by atoms with Crippen molar-refractivity contribution in [2.45, 2.75) is 27.7 Å². The molecule has 10 aromatic carbocycles. The maximum Gasteiger partial charge on any atom is 0.180 e. The van der Waals surface area contributed by atoms with Crippen molar-refractivity contribution in [3.63, 3.8) is 0 Å². The highest BCUT2D eigenvalue weighted by molar-refractivity contribution is 7.22. The molecule has 0 saturated heterocycles. The minimum Gasteiger partial charge on any atom is -0.453 e. The number of hydrogen-bond donors (Lipinski definition) is 0. The second-order valence-electron chi connectivity index (χ2n) is 18.0. The summed E-state index contributed by atoms with van der Waals surface area (Å²) in [5, 5.41) is 10.3. The van der Waals surface area contributed by atoms with Gasteiger partial charge >= 0.3 is 0 Å². The highest BCUT2D eigenvalue weighted by atomic mass is 28.3. The zero-order chi connectivity index (χ0) is 43.6. The molecule has 0 radical (unpaired) electrons. The van der Waals surface area contributed by atoms with Crippen molar-refractivity contribution in [2.24, 2.45) is 0 Å². The number of aryl methyl sites for hydroxylation is 4. The van der Waals surface area contributed by atoms with Crippen LogP contribution in [-0.2, 0) is 0 Å². The number of para-hydroxylation sites is 2. The number of anilines is 6. The number of ether oxygens (including phenoxy) is 2. The molecule has 3 heterocycles. The molecule has 65 heavy (non-hydrogen) atoms. The van der Waals surface area contributed by atoms with Crippen molar-refractivity contribution >= 4 is 84.5 Å². The van der Waals surface area contributed by atoms with E-state index >= 15 is 0 Å². The highest BCUT2D eigenvalue weighted by Crippen LogP contribution is 2.54. The fourth-order valence-electron chi connectivity index (χ4n) is 10.8. The normalized spacial score (nSPS) is 13.8. The monoisotopic (exact) mass is 852 g/mol. The van der Waals surface area contributed by atoms with Gasteiger partial charge in [-0.1, -0.05) is 109 Å². The molecule has 13 rings (SSSR count). The maximum atomic E-state index is 7.01. The van der Waals surface area contributed by atoms with Crippen LogP contribution in [0.25, 0.3) is 32.7 Å². The first-order valence-electron chi connectivity index (χ1n) is 22.5. The van der Waals surface area contributed by atoms with E-state index in [0.29, 0.717) is 0 Å². The predicted octanol–water partition coefficient (Wildman–Crippen LogP) is 13.7. The van der Waals surface area contributed by atoms with E-state index in [4.69, 9.17) is 9.47 Å². The molecule has 0 unspecified atom stereocenters. The van der Waals surface area contributed by atoms with Crippen molar-refractivity contribution in [1.82, 2.24) is 0 Å². The van der Waals surface area contributed by atoms with Crippen LogP contribution in [0.2, 0.25) is 0 Å². The Balaban J connectivity index is 0.986. The molecule has 0 spiro atoms.